The van der Waals surface area contributed by atoms with Crippen LogP contribution in [0.25, 0.3) is 0 Å². The topological polar surface area (TPSA) is 66.8 Å². The lowest BCUT2D eigenvalue weighted by atomic mass is 10.1. The summed E-state index contributed by atoms with van der Waals surface area (Å²) in [5.41, 5.74) is 0.585. The van der Waals surface area contributed by atoms with Crippen molar-refractivity contribution in [2.75, 3.05) is 19.7 Å². The summed E-state index contributed by atoms with van der Waals surface area (Å²) in [5.74, 6) is -0.176. The third kappa shape index (κ3) is 4.07. The molecular formula is C17H23NO4. The summed E-state index contributed by atoms with van der Waals surface area (Å²) < 4.78 is 5.61. The van der Waals surface area contributed by atoms with Crippen LogP contribution in [-0.4, -0.2) is 47.5 Å². The van der Waals surface area contributed by atoms with Crippen molar-refractivity contribution in [3.8, 4) is 5.75 Å². The van der Waals surface area contributed by atoms with Gasteiger partial charge in [0.2, 0.25) is 0 Å². The zero-order valence-electron chi connectivity index (χ0n) is 13.0. The van der Waals surface area contributed by atoms with Gasteiger partial charge in [-0.15, -0.1) is 0 Å². The number of Topliss-reactive ketones (excluding diaryl/α,β-unsaturated/α-hetero) is 1. The quantitative estimate of drug-likeness (QED) is 0.748. The number of rotatable bonds is 8. The Morgan fingerprint density at radius 1 is 1.36 bits per heavy atom. The second-order valence-electron chi connectivity index (χ2n) is 5.55. The highest BCUT2D eigenvalue weighted by atomic mass is 16.5. The standard InChI is InChI=1S/C17H23NO4/c1-2-12-22-16-8-4-3-6-13(16)15(19)9-11-18-10-5-7-14(18)17(20)21/h3-4,6,8,14H,2,5,7,9-12H2,1H3,(H,20,21). The number of likely N-dealkylation sites (tertiary alicyclic amines) is 1. The van der Waals surface area contributed by atoms with E-state index in [0.717, 1.165) is 19.4 Å². The number of carbonyl (C=O) groups is 2. The lowest BCUT2D eigenvalue weighted by Gasteiger charge is -2.20. The Hall–Kier alpha value is -1.88. The molecule has 5 heteroatoms. The average Bonchev–Trinajstić information content (AvgIpc) is 2.99. The van der Waals surface area contributed by atoms with Gasteiger partial charge in [0, 0.05) is 13.0 Å². The minimum Gasteiger partial charge on any atom is -0.493 e. The van der Waals surface area contributed by atoms with E-state index in [9.17, 15) is 9.59 Å². The summed E-state index contributed by atoms with van der Waals surface area (Å²) >= 11 is 0. The van der Waals surface area contributed by atoms with Gasteiger partial charge in [0.25, 0.3) is 0 Å². The molecule has 0 bridgehead atoms. The maximum absolute atomic E-state index is 12.4. The van der Waals surface area contributed by atoms with Crippen LogP contribution in [0.5, 0.6) is 5.75 Å². The molecular weight excluding hydrogens is 282 g/mol. The highest BCUT2D eigenvalue weighted by Crippen LogP contribution is 2.22. The maximum atomic E-state index is 12.4. The fraction of sp³-hybridized carbons (Fsp3) is 0.529. The molecule has 0 saturated carbocycles. The Bertz CT molecular complexity index is 529. The molecule has 22 heavy (non-hydrogen) atoms. The first-order valence-electron chi connectivity index (χ1n) is 7.85. The largest absolute Gasteiger partial charge is 0.493 e. The van der Waals surface area contributed by atoms with Crippen LogP contribution in [0.2, 0.25) is 0 Å². The van der Waals surface area contributed by atoms with E-state index in [2.05, 4.69) is 0 Å². The van der Waals surface area contributed by atoms with E-state index < -0.39 is 12.0 Å². The SMILES string of the molecule is CCCOc1ccccc1C(=O)CCN1CCCC1C(=O)O. The van der Waals surface area contributed by atoms with E-state index in [1.54, 1.807) is 12.1 Å². The maximum Gasteiger partial charge on any atom is 0.320 e. The Morgan fingerprint density at radius 3 is 2.86 bits per heavy atom. The van der Waals surface area contributed by atoms with Crippen molar-refractivity contribution in [1.82, 2.24) is 4.90 Å². The van der Waals surface area contributed by atoms with Crippen molar-refractivity contribution >= 4 is 11.8 Å². The first kappa shape index (κ1) is 16.5. The molecule has 1 aliphatic rings. The minimum atomic E-state index is -0.795. The van der Waals surface area contributed by atoms with Crippen molar-refractivity contribution < 1.29 is 19.4 Å². The van der Waals surface area contributed by atoms with Crippen molar-refractivity contribution in [3.05, 3.63) is 29.8 Å². The van der Waals surface area contributed by atoms with Gasteiger partial charge < -0.3 is 9.84 Å². The van der Waals surface area contributed by atoms with Crippen LogP contribution in [-0.2, 0) is 4.79 Å². The average molecular weight is 305 g/mol. The smallest absolute Gasteiger partial charge is 0.320 e. The van der Waals surface area contributed by atoms with E-state index in [0.29, 0.717) is 37.3 Å². The minimum absolute atomic E-state index is 0.00254. The predicted octanol–water partition coefficient (Wildman–Crippen LogP) is 2.60. The molecule has 1 fully saturated rings. The monoisotopic (exact) mass is 305 g/mol. The van der Waals surface area contributed by atoms with Gasteiger partial charge in [-0.05, 0) is 37.9 Å². The lowest BCUT2D eigenvalue weighted by Crippen LogP contribution is -2.37. The Balaban J connectivity index is 1.96. The summed E-state index contributed by atoms with van der Waals surface area (Å²) in [7, 11) is 0. The zero-order chi connectivity index (χ0) is 15.9. The molecule has 1 saturated heterocycles. The van der Waals surface area contributed by atoms with Gasteiger partial charge in [0.1, 0.15) is 11.8 Å². The normalized spacial score (nSPS) is 18.3. The molecule has 0 radical (unpaired) electrons. The molecule has 1 aromatic carbocycles. The number of carboxylic acid groups (broad SMARTS) is 1. The number of ether oxygens (including phenoxy) is 1. The van der Waals surface area contributed by atoms with Crippen molar-refractivity contribution in [1.29, 1.82) is 0 Å². The molecule has 0 aromatic heterocycles. The molecule has 1 aliphatic heterocycles. The summed E-state index contributed by atoms with van der Waals surface area (Å²) in [6.07, 6.45) is 2.74. The van der Waals surface area contributed by atoms with E-state index in [-0.39, 0.29) is 5.78 Å². The number of carboxylic acids is 1. The molecule has 5 nitrogen and oxygen atoms in total. The first-order chi connectivity index (χ1) is 10.6. The summed E-state index contributed by atoms with van der Waals surface area (Å²) in [6.45, 7) is 3.83. The van der Waals surface area contributed by atoms with Crippen LogP contribution in [0.3, 0.4) is 0 Å². The van der Waals surface area contributed by atoms with Crippen LogP contribution in [0.15, 0.2) is 24.3 Å². The van der Waals surface area contributed by atoms with Gasteiger partial charge in [-0.25, -0.2) is 0 Å². The molecule has 1 heterocycles. The molecule has 120 valence electrons. The van der Waals surface area contributed by atoms with E-state index in [4.69, 9.17) is 9.84 Å². The van der Waals surface area contributed by atoms with Crippen molar-refractivity contribution in [3.63, 3.8) is 0 Å². The molecule has 1 aromatic rings. The Kier molecular flexibility index (Phi) is 5.95. The van der Waals surface area contributed by atoms with Crippen LogP contribution in [0, 0.1) is 0 Å². The zero-order valence-corrected chi connectivity index (χ0v) is 13.0. The Labute approximate surface area is 130 Å². The lowest BCUT2D eigenvalue weighted by molar-refractivity contribution is -0.142. The molecule has 2 rings (SSSR count). The van der Waals surface area contributed by atoms with Gasteiger partial charge in [0.05, 0.1) is 12.2 Å². The van der Waals surface area contributed by atoms with Crippen molar-refractivity contribution in [2.45, 2.75) is 38.6 Å². The number of hydrogen-bond donors (Lipinski definition) is 1. The van der Waals surface area contributed by atoms with Crippen molar-refractivity contribution in [2.24, 2.45) is 0 Å². The molecule has 0 spiro atoms. The second kappa shape index (κ2) is 7.94. The third-order valence-corrected chi connectivity index (χ3v) is 3.92. The van der Waals surface area contributed by atoms with Gasteiger partial charge in [-0.3, -0.25) is 14.5 Å². The van der Waals surface area contributed by atoms with Gasteiger partial charge in [-0.1, -0.05) is 19.1 Å². The van der Waals surface area contributed by atoms with Gasteiger partial charge in [0.15, 0.2) is 5.78 Å². The molecule has 0 amide bonds. The number of hydrogen-bond acceptors (Lipinski definition) is 4. The van der Waals surface area contributed by atoms with Gasteiger partial charge >= 0.3 is 5.97 Å². The fourth-order valence-corrected chi connectivity index (χ4v) is 2.79. The van der Waals surface area contributed by atoms with E-state index in [1.165, 1.54) is 0 Å². The molecule has 1 unspecified atom stereocenters. The number of benzene rings is 1. The van der Waals surface area contributed by atoms with Crippen LogP contribution >= 0.6 is 0 Å². The summed E-state index contributed by atoms with van der Waals surface area (Å²) in [5, 5.41) is 9.16. The first-order valence-corrected chi connectivity index (χ1v) is 7.85. The number of carbonyl (C=O) groups excluding carboxylic acids is 1. The van der Waals surface area contributed by atoms with E-state index >= 15 is 0 Å². The predicted molar refractivity (Wildman–Crippen MR) is 83.4 cm³/mol. The molecule has 0 aliphatic carbocycles. The van der Waals surface area contributed by atoms with Crippen LogP contribution in [0.1, 0.15) is 43.0 Å². The van der Waals surface area contributed by atoms with Crippen LogP contribution in [0.4, 0.5) is 0 Å². The third-order valence-electron chi connectivity index (χ3n) is 3.92. The van der Waals surface area contributed by atoms with Gasteiger partial charge in [-0.2, -0.15) is 0 Å². The molecule has 1 atom stereocenters. The van der Waals surface area contributed by atoms with E-state index in [1.807, 2.05) is 24.0 Å². The highest BCUT2D eigenvalue weighted by molar-refractivity contribution is 5.98. The summed E-state index contributed by atoms with van der Waals surface area (Å²) in [4.78, 5) is 25.4. The summed E-state index contributed by atoms with van der Waals surface area (Å²) in [6, 6.07) is 6.80. The number of aliphatic carboxylic acids is 1. The molecule has 1 N–H and O–H groups in total. The number of para-hydroxylation sites is 1. The number of nitrogens with zero attached hydrogens (tertiary/aromatic N) is 1. The van der Waals surface area contributed by atoms with Crippen LogP contribution < -0.4 is 4.74 Å². The fourth-order valence-electron chi connectivity index (χ4n) is 2.79. The Morgan fingerprint density at radius 2 is 2.14 bits per heavy atom. The number of ketones is 1. The highest BCUT2D eigenvalue weighted by Gasteiger charge is 2.30. The second-order valence-corrected chi connectivity index (χ2v) is 5.55.